The number of hydrogen-bond acceptors (Lipinski definition) is 3. The molecule has 116 valence electrons. The summed E-state index contributed by atoms with van der Waals surface area (Å²) in [6, 6.07) is 5.13. The smallest absolute Gasteiger partial charge is 0.319 e. The quantitative estimate of drug-likeness (QED) is 0.842. The summed E-state index contributed by atoms with van der Waals surface area (Å²) in [5, 5.41) is 5.45. The van der Waals surface area contributed by atoms with Gasteiger partial charge in [0.1, 0.15) is 5.75 Å². The minimum atomic E-state index is -0.288. The maximum absolute atomic E-state index is 11.7. The molecule has 6 heteroatoms. The van der Waals surface area contributed by atoms with Gasteiger partial charge < -0.3 is 20.3 Å². The fraction of sp³-hybridized carbons (Fsp3) is 0.467. The number of benzene rings is 1. The number of ether oxygens (including phenoxy) is 1. The second kappa shape index (κ2) is 8.14. The Kier molecular flexibility index (Phi) is 6.52. The molecule has 3 amide bonds. The molecule has 0 aromatic heterocycles. The molecule has 0 radical (unpaired) electrons. The van der Waals surface area contributed by atoms with Crippen LogP contribution in [0.2, 0.25) is 0 Å². The van der Waals surface area contributed by atoms with Crippen molar-refractivity contribution in [2.75, 3.05) is 32.6 Å². The van der Waals surface area contributed by atoms with Crippen molar-refractivity contribution in [2.24, 2.45) is 0 Å². The summed E-state index contributed by atoms with van der Waals surface area (Å²) in [7, 11) is 3.33. The van der Waals surface area contributed by atoms with Gasteiger partial charge >= 0.3 is 6.03 Å². The van der Waals surface area contributed by atoms with E-state index in [0.29, 0.717) is 18.0 Å². The highest BCUT2D eigenvalue weighted by Gasteiger charge is 2.10. The van der Waals surface area contributed by atoms with Gasteiger partial charge in [0, 0.05) is 20.6 Å². The molecule has 6 nitrogen and oxygen atoms in total. The first-order valence-corrected chi connectivity index (χ1v) is 6.92. The molecular formula is C15H23N3O3. The number of likely N-dealkylation sites (N-methyl/N-ethyl adjacent to an activating group) is 1. The van der Waals surface area contributed by atoms with Gasteiger partial charge in [-0.3, -0.25) is 4.79 Å². The fourth-order valence-corrected chi connectivity index (χ4v) is 1.53. The van der Waals surface area contributed by atoms with Crippen LogP contribution in [0, 0.1) is 6.92 Å². The highest BCUT2D eigenvalue weighted by molar-refractivity contribution is 5.91. The Hall–Kier alpha value is -2.24. The molecule has 0 aliphatic heterocycles. The Morgan fingerprint density at radius 3 is 2.62 bits per heavy atom. The molecule has 1 rings (SSSR count). The normalized spacial score (nSPS) is 9.90. The molecule has 0 spiro atoms. The lowest BCUT2D eigenvalue weighted by Crippen LogP contribution is -2.30. The Bertz CT molecular complexity index is 501. The molecular weight excluding hydrogens is 270 g/mol. The second-order valence-electron chi connectivity index (χ2n) is 4.96. The van der Waals surface area contributed by atoms with Crippen molar-refractivity contribution in [2.45, 2.75) is 20.3 Å². The van der Waals surface area contributed by atoms with Crippen LogP contribution in [-0.2, 0) is 4.79 Å². The van der Waals surface area contributed by atoms with Gasteiger partial charge in [-0.1, -0.05) is 13.0 Å². The molecule has 0 fully saturated rings. The molecule has 0 saturated heterocycles. The van der Waals surface area contributed by atoms with Gasteiger partial charge in [-0.2, -0.15) is 0 Å². The summed E-state index contributed by atoms with van der Waals surface area (Å²) in [6.07, 6.45) is 0.863. The maximum atomic E-state index is 11.7. The van der Waals surface area contributed by atoms with Crippen LogP contribution in [0.1, 0.15) is 18.9 Å². The Balaban J connectivity index is 2.75. The topological polar surface area (TPSA) is 70.7 Å². The second-order valence-corrected chi connectivity index (χ2v) is 4.96. The van der Waals surface area contributed by atoms with Crippen molar-refractivity contribution in [1.29, 1.82) is 0 Å². The predicted octanol–water partition coefficient (Wildman–Crippen LogP) is 1.99. The molecule has 1 aromatic rings. The lowest BCUT2D eigenvalue weighted by molar-refractivity contribution is -0.130. The number of carbonyl (C=O) groups is 2. The van der Waals surface area contributed by atoms with Crippen LogP contribution in [0.25, 0.3) is 0 Å². The number of nitrogens with zero attached hydrogens (tertiary/aromatic N) is 1. The molecule has 0 saturated carbocycles. The van der Waals surface area contributed by atoms with Crippen LogP contribution in [0.5, 0.6) is 5.75 Å². The van der Waals surface area contributed by atoms with Crippen LogP contribution in [-0.4, -0.2) is 44.1 Å². The van der Waals surface area contributed by atoms with Gasteiger partial charge in [0.15, 0.2) is 6.61 Å². The van der Waals surface area contributed by atoms with Crippen LogP contribution in [0.3, 0.4) is 0 Å². The predicted molar refractivity (Wildman–Crippen MR) is 82.7 cm³/mol. The number of nitrogens with one attached hydrogen (secondary N) is 2. The zero-order chi connectivity index (χ0) is 15.8. The number of amides is 3. The number of aryl methyl sites for hydroxylation is 1. The van der Waals surface area contributed by atoms with E-state index in [-0.39, 0.29) is 18.5 Å². The first-order chi connectivity index (χ1) is 9.93. The lowest BCUT2D eigenvalue weighted by Gasteiger charge is -2.15. The number of hydrogen-bond donors (Lipinski definition) is 2. The van der Waals surface area contributed by atoms with Gasteiger partial charge in [0.2, 0.25) is 0 Å². The number of urea groups is 1. The summed E-state index contributed by atoms with van der Waals surface area (Å²) < 4.78 is 5.51. The van der Waals surface area contributed by atoms with Crippen molar-refractivity contribution >= 4 is 17.6 Å². The van der Waals surface area contributed by atoms with E-state index in [0.717, 1.165) is 12.0 Å². The van der Waals surface area contributed by atoms with E-state index in [2.05, 4.69) is 10.6 Å². The monoisotopic (exact) mass is 293 g/mol. The van der Waals surface area contributed by atoms with E-state index < -0.39 is 0 Å². The number of anilines is 1. The van der Waals surface area contributed by atoms with Crippen LogP contribution < -0.4 is 15.4 Å². The van der Waals surface area contributed by atoms with E-state index in [1.165, 1.54) is 4.90 Å². The molecule has 0 aliphatic rings. The highest BCUT2D eigenvalue weighted by Crippen LogP contribution is 2.25. The zero-order valence-electron chi connectivity index (χ0n) is 13.0. The van der Waals surface area contributed by atoms with Crippen LogP contribution in [0.4, 0.5) is 10.5 Å². The summed E-state index contributed by atoms with van der Waals surface area (Å²) in [4.78, 5) is 24.7. The SMILES string of the molecule is CCCNC(=O)Nc1ccc(C)cc1OCC(=O)N(C)C. The Morgan fingerprint density at radius 2 is 2.00 bits per heavy atom. The van der Waals surface area contributed by atoms with E-state index in [9.17, 15) is 9.59 Å². The molecule has 0 aliphatic carbocycles. The summed E-state index contributed by atoms with van der Waals surface area (Å²) in [5.41, 5.74) is 1.53. The number of carbonyl (C=O) groups excluding carboxylic acids is 2. The Labute approximate surface area is 125 Å². The van der Waals surface area contributed by atoms with Gasteiger partial charge in [0.05, 0.1) is 5.69 Å². The molecule has 0 unspecified atom stereocenters. The zero-order valence-corrected chi connectivity index (χ0v) is 13.0. The largest absolute Gasteiger partial charge is 0.482 e. The molecule has 2 N–H and O–H groups in total. The number of rotatable bonds is 6. The van der Waals surface area contributed by atoms with E-state index in [1.54, 1.807) is 26.2 Å². The molecule has 0 atom stereocenters. The lowest BCUT2D eigenvalue weighted by atomic mass is 10.2. The Morgan fingerprint density at radius 1 is 1.29 bits per heavy atom. The molecule has 0 heterocycles. The van der Waals surface area contributed by atoms with Gasteiger partial charge in [-0.15, -0.1) is 0 Å². The van der Waals surface area contributed by atoms with E-state index in [1.807, 2.05) is 19.9 Å². The third kappa shape index (κ3) is 5.72. The third-order valence-electron chi connectivity index (χ3n) is 2.77. The van der Waals surface area contributed by atoms with E-state index in [4.69, 9.17) is 4.74 Å². The fourth-order valence-electron chi connectivity index (χ4n) is 1.53. The highest BCUT2D eigenvalue weighted by atomic mass is 16.5. The molecule has 0 bridgehead atoms. The summed E-state index contributed by atoms with van der Waals surface area (Å²) in [6.45, 7) is 4.43. The van der Waals surface area contributed by atoms with Gasteiger partial charge in [0.25, 0.3) is 5.91 Å². The first-order valence-electron chi connectivity index (χ1n) is 6.92. The van der Waals surface area contributed by atoms with Crippen molar-refractivity contribution in [3.63, 3.8) is 0 Å². The standard InChI is InChI=1S/C15H23N3O3/c1-5-8-16-15(20)17-12-7-6-11(2)9-13(12)21-10-14(19)18(3)4/h6-7,9H,5,8,10H2,1-4H3,(H2,16,17,20). The summed E-state index contributed by atoms with van der Waals surface area (Å²) >= 11 is 0. The minimum Gasteiger partial charge on any atom is -0.482 e. The van der Waals surface area contributed by atoms with Crippen molar-refractivity contribution in [1.82, 2.24) is 10.2 Å². The van der Waals surface area contributed by atoms with Crippen molar-refractivity contribution < 1.29 is 14.3 Å². The molecule has 1 aromatic carbocycles. The van der Waals surface area contributed by atoms with Crippen molar-refractivity contribution in [3.05, 3.63) is 23.8 Å². The van der Waals surface area contributed by atoms with Crippen molar-refractivity contribution in [3.8, 4) is 5.75 Å². The van der Waals surface area contributed by atoms with E-state index >= 15 is 0 Å². The first kappa shape index (κ1) is 16.8. The van der Waals surface area contributed by atoms with Gasteiger partial charge in [-0.05, 0) is 31.0 Å². The molecule has 21 heavy (non-hydrogen) atoms. The van der Waals surface area contributed by atoms with Crippen LogP contribution >= 0.6 is 0 Å². The van der Waals surface area contributed by atoms with Crippen LogP contribution in [0.15, 0.2) is 18.2 Å². The average molecular weight is 293 g/mol. The maximum Gasteiger partial charge on any atom is 0.319 e. The minimum absolute atomic E-state index is 0.0677. The third-order valence-corrected chi connectivity index (χ3v) is 2.77. The average Bonchev–Trinajstić information content (AvgIpc) is 2.44. The summed E-state index contributed by atoms with van der Waals surface area (Å²) in [5.74, 6) is 0.342. The van der Waals surface area contributed by atoms with Gasteiger partial charge in [-0.25, -0.2) is 4.79 Å².